The Kier molecular flexibility index (Phi) is 4.22. The quantitative estimate of drug-likeness (QED) is 0.450. The maximum absolute atomic E-state index is 5.78. The number of pyridine rings is 2. The first-order chi connectivity index (χ1) is 15.8. The summed E-state index contributed by atoms with van der Waals surface area (Å²) < 4.78 is 1.89. The molecule has 6 rings (SSSR count). The second-order valence-corrected chi connectivity index (χ2v) is 7.44. The number of nitrogens with two attached hydrogens (primary N) is 1. The molecule has 0 saturated heterocycles. The molecule has 4 aromatic heterocycles. The first-order valence-corrected chi connectivity index (χ1v) is 10.2. The van der Waals surface area contributed by atoms with E-state index in [-0.39, 0.29) is 0 Å². The summed E-state index contributed by atoms with van der Waals surface area (Å²) in [5.41, 5.74) is 12.5. The molecule has 0 aliphatic rings. The van der Waals surface area contributed by atoms with Gasteiger partial charge >= 0.3 is 0 Å². The first kappa shape index (κ1) is 18.3. The van der Waals surface area contributed by atoms with Crippen molar-refractivity contribution >= 4 is 16.6 Å². The number of nitrogens with zero attached hydrogens (tertiary/aromatic N) is 6. The Balaban J connectivity index is 1.63. The van der Waals surface area contributed by atoms with Crippen molar-refractivity contribution in [1.82, 2.24) is 34.8 Å². The molecule has 8 nitrogen and oxygen atoms in total. The summed E-state index contributed by atoms with van der Waals surface area (Å²) in [6.45, 7) is 0.509. The molecular weight excluding hydrogens is 400 g/mol. The Morgan fingerprint density at radius 2 is 1.75 bits per heavy atom. The fourth-order valence-electron chi connectivity index (χ4n) is 3.92. The summed E-state index contributed by atoms with van der Waals surface area (Å²) in [7, 11) is 0. The van der Waals surface area contributed by atoms with E-state index < -0.39 is 0 Å². The zero-order chi connectivity index (χ0) is 21.5. The van der Waals surface area contributed by atoms with Crippen molar-refractivity contribution in [1.29, 1.82) is 0 Å². The molecule has 0 saturated carbocycles. The standard InChI is InChI=1S/C24H18N8/c25-13-15-6-8-17(9-7-15)21-18(16-4-2-1-3-5-16)12-19-20(28-21)10-11-32-23(19)30-31-24(32)22-26-14-27-29-22/h1-12,14H,13,25H2,(H,26,27,29). The van der Waals surface area contributed by atoms with Gasteiger partial charge in [-0.3, -0.25) is 9.50 Å². The number of H-pyrrole nitrogens is 1. The lowest BCUT2D eigenvalue weighted by Gasteiger charge is -2.12. The molecule has 0 fully saturated rings. The zero-order valence-corrected chi connectivity index (χ0v) is 17.0. The molecule has 0 aliphatic heterocycles. The summed E-state index contributed by atoms with van der Waals surface area (Å²) in [5.74, 6) is 1.07. The third-order valence-corrected chi connectivity index (χ3v) is 5.53. The van der Waals surface area contributed by atoms with Crippen molar-refractivity contribution in [3.63, 3.8) is 0 Å². The number of nitrogens with one attached hydrogen (secondary N) is 1. The van der Waals surface area contributed by atoms with Crippen LogP contribution in [0.25, 0.3) is 50.6 Å². The Hall–Kier alpha value is -4.43. The van der Waals surface area contributed by atoms with Gasteiger partial charge in [0.15, 0.2) is 5.65 Å². The highest BCUT2D eigenvalue weighted by molar-refractivity contribution is 5.98. The molecule has 8 heteroatoms. The Morgan fingerprint density at radius 1 is 0.906 bits per heavy atom. The zero-order valence-electron chi connectivity index (χ0n) is 17.0. The highest BCUT2D eigenvalue weighted by Crippen LogP contribution is 2.35. The van der Waals surface area contributed by atoms with Crippen LogP contribution in [0.2, 0.25) is 0 Å². The van der Waals surface area contributed by atoms with E-state index in [1.165, 1.54) is 6.33 Å². The van der Waals surface area contributed by atoms with Crippen LogP contribution in [-0.2, 0) is 6.54 Å². The molecule has 0 amide bonds. The molecule has 0 unspecified atom stereocenters. The van der Waals surface area contributed by atoms with Crippen LogP contribution < -0.4 is 5.73 Å². The second kappa shape index (κ2) is 7.36. The van der Waals surface area contributed by atoms with E-state index in [1.807, 2.05) is 47.0 Å². The maximum atomic E-state index is 5.78. The highest BCUT2D eigenvalue weighted by Gasteiger charge is 2.17. The minimum atomic E-state index is 0.490. The predicted octanol–water partition coefficient (Wildman–Crippen LogP) is 3.86. The number of hydrogen-bond donors (Lipinski definition) is 2. The van der Waals surface area contributed by atoms with Gasteiger partial charge in [-0.1, -0.05) is 54.6 Å². The summed E-state index contributed by atoms with van der Waals surface area (Å²) >= 11 is 0. The van der Waals surface area contributed by atoms with Crippen molar-refractivity contribution in [2.24, 2.45) is 5.73 Å². The van der Waals surface area contributed by atoms with Gasteiger partial charge in [0.1, 0.15) is 6.33 Å². The smallest absolute Gasteiger partial charge is 0.219 e. The highest BCUT2D eigenvalue weighted by atomic mass is 15.3. The fourth-order valence-corrected chi connectivity index (χ4v) is 3.92. The topological polar surface area (TPSA) is 111 Å². The number of rotatable bonds is 4. The molecule has 0 aliphatic carbocycles. The SMILES string of the molecule is NCc1ccc(-c2nc3ccn4c(-c5nc[nH]n5)nnc4c3cc2-c2ccccc2)cc1. The molecule has 3 N–H and O–H groups in total. The van der Waals surface area contributed by atoms with Crippen LogP contribution in [0.1, 0.15) is 5.56 Å². The monoisotopic (exact) mass is 418 g/mol. The molecule has 6 aromatic rings. The molecule has 32 heavy (non-hydrogen) atoms. The summed E-state index contributed by atoms with van der Waals surface area (Å²) in [4.78, 5) is 9.26. The van der Waals surface area contributed by atoms with E-state index in [4.69, 9.17) is 10.7 Å². The number of hydrogen-bond acceptors (Lipinski definition) is 6. The minimum absolute atomic E-state index is 0.490. The average molecular weight is 418 g/mol. The van der Waals surface area contributed by atoms with Crippen LogP contribution in [0.15, 0.2) is 79.3 Å². The molecule has 0 bridgehead atoms. The molecule has 0 spiro atoms. The third kappa shape index (κ3) is 2.93. The van der Waals surface area contributed by atoms with Crippen molar-refractivity contribution in [3.05, 3.63) is 84.8 Å². The van der Waals surface area contributed by atoms with E-state index in [2.05, 4.69) is 55.7 Å². The van der Waals surface area contributed by atoms with Crippen LogP contribution in [-0.4, -0.2) is 34.8 Å². The second-order valence-electron chi connectivity index (χ2n) is 7.44. The van der Waals surface area contributed by atoms with E-state index >= 15 is 0 Å². The lowest BCUT2D eigenvalue weighted by atomic mass is 9.97. The maximum Gasteiger partial charge on any atom is 0.219 e. The minimum Gasteiger partial charge on any atom is -0.326 e. The molecule has 0 atom stereocenters. The van der Waals surface area contributed by atoms with Gasteiger partial charge in [0.25, 0.3) is 0 Å². The number of aromatic amines is 1. The van der Waals surface area contributed by atoms with Gasteiger partial charge in [0, 0.05) is 29.3 Å². The predicted molar refractivity (Wildman–Crippen MR) is 122 cm³/mol. The van der Waals surface area contributed by atoms with Crippen LogP contribution in [0, 0.1) is 0 Å². The molecule has 2 aromatic carbocycles. The van der Waals surface area contributed by atoms with E-state index in [0.717, 1.165) is 38.9 Å². The average Bonchev–Trinajstić information content (AvgIpc) is 3.54. The summed E-state index contributed by atoms with van der Waals surface area (Å²) in [6.07, 6.45) is 3.43. The number of benzene rings is 2. The van der Waals surface area contributed by atoms with Gasteiger partial charge in [0.05, 0.1) is 11.2 Å². The van der Waals surface area contributed by atoms with Gasteiger partial charge in [-0.2, -0.15) is 5.10 Å². The van der Waals surface area contributed by atoms with Crippen molar-refractivity contribution in [2.45, 2.75) is 6.54 Å². The molecule has 154 valence electrons. The van der Waals surface area contributed by atoms with Crippen LogP contribution in [0.3, 0.4) is 0 Å². The Morgan fingerprint density at radius 3 is 2.50 bits per heavy atom. The van der Waals surface area contributed by atoms with Gasteiger partial charge in [-0.25, -0.2) is 9.97 Å². The largest absolute Gasteiger partial charge is 0.326 e. The number of aromatic nitrogens is 7. The summed E-state index contributed by atoms with van der Waals surface area (Å²) in [6, 6.07) is 22.6. The van der Waals surface area contributed by atoms with Crippen molar-refractivity contribution < 1.29 is 0 Å². The van der Waals surface area contributed by atoms with Crippen LogP contribution in [0.4, 0.5) is 0 Å². The third-order valence-electron chi connectivity index (χ3n) is 5.53. The van der Waals surface area contributed by atoms with Crippen LogP contribution >= 0.6 is 0 Å². The number of fused-ring (bicyclic) bond motifs is 3. The van der Waals surface area contributed by atoms with Crippen molar-refractivity contribution in [3.8, 4) is 34.0 Å². The molecule has 4 heterocycles. The van der Waals surface area contributed by atoms with Crippen LogP contribution in [0.5, 0.6) is 0 Å². The normalized spacial score (nSPS) is 11.4. The Bertz CT molecular complexity index is 1530. The van der Waals surface area contributed by atoms with Crippen molar-refractivity contribution in [2.75, 3.05) is 0 Å². The fraction of sp³-hybridized carbons (Fsp3) is 0.0417. The van der Waals surface area contributed by atoms with Gasteiger partial charge < -0.3 is 5.73 Å². The van der Waals surface area contributed by atoms with Gasteiger partial charge in [-0.15, -0.1) is 10.2 Å². The summed E-state index contributed by atoms with van der Waals surface area (Å²) in [5, 5.41) is 16.5. The van der Waals surface area contributed by atoms with E-state index in [9.17, 15) is 0 Å². The van der Waals surface area contributed by atoms with Gasteiger partial charge in [-0.05, 0) is 23.3 Å². The lowest BCUT2D eigenvalue weighted by molar-refractivity contribution is 1.04. The van der Waals surface area contributed by atoms with Gasteiger partial charge in [0.2, 0.25) is 11.6 Å². The molecular formula is C24H18N8. The lowest BCUT2D eigenvalue weighted by Crippen LogP contribution is -1.97. The first-order valence-electron chi connectivity index (χ1n) is 10.2. The Labute approximate surface area is 182 Å². The molecule has 0 radical (unpaired) electrons. The van der Waals surface area contributed by atoms with E-state index in [1.54, 1.807) is 0 Å². The van der Waals surface area contributed by atoms with E-state index in [0.29, 0.717) is 23.8 Å².